The van der Waals surface area contributed by atoms with Gasteiger partial charge in [0.15, 0.2) is 0 Å². The van der Waals surface area contributed by atoms with E-state index in [1.54, 1.807) is 38.5 Å². The number of hydrogen-bond donors (Lipinski definition) is 2. The van der Waals surface area contributed by atoms with E-state index < -0.39 is 5.91 Å². The quantitative estimate of drug-likeness (QED) is 0.852. The predicted molar refractivity (Wildman–Crippen MR) is 80.5 cm³/mol. The van der Waals surface area contributed by atoms with Gasteiger partial charge in [-0.2, -0.15) is 0 Å². The number of rotatable bonds is 6. The zero-order valence-electron chi connectivity index (χ0n) is 12.3. The van der Waals surface area contributed by atoms with Gasteiger partial charge >= 0.3 is 0 Å². The number of ether oxygens (including phenoxy) is 3. The molecule has 0 atom stereocenters. The number of benzene rings is 2. The van der Waals surface area contributed by atoms with Crippen molar-refractivity contribution in [2.45, 2.75) is 6.61 Å². The zero-order valence-corrected chi connectivity index (χ0v) is 12.3. The van der Waals surface area contributed by atoms with E-state index in [4.69, 9.17) is 19.9 Å². The van der Waals surface area contributed by atoms with Crippen molar-refractivity contribution in [1.29, 1.82) is 0 Å². The number of nitrogens with two attached hydrogens (primary N) is 1. The molecule has 0 aliphatic rings. The third kappa shape index (κ3) is 3.41. The smallest absolute Gasteiger partial charge is 0.252 e. The molecular formula is C16H17NO5. The first-order valence-corrected chi connectivity index (χ1v) is 6.51. The largest absolute Gasteiger partial charge is 0.507 e. The number of methoxy groups -OCH3 is 2. The van der Waals surface area contributed by atoms with E-state index in [-0.39, 0.29) is 17.9 Å². The molecule has 0 aromatic heterocycles. The molecule has 116 valence electrons. The molecule has 0 spiro atoms. The average Bonchev–Trinajstić information content (AvgIpc) is 2.53. The summed E-state index contributed by atoms with van der Waals surface area (Å²) in [5.74, 6) is 0.856. The van der Waals surface area contributed by atoms with Crippen molar-refractivity contribution in [2.75, 3.05) is 14.2 Å². The summed E-state index contributed by atoms with van der Waals surface area (Å²) in [5, 5.41) is 9.55. The van der Waals surface area contributed by atoms with Crippen molar-refractivity contribution in [3.63, 3.8) is 0 Å². The van der Waals surface area contributed by atoms with Gasteiger partial charge in [0.25, 0.3) is 5.91 Å². The minimum Gasteiger partial charge on any atom is -0.507 e. The lowest BCUT2D eigenvalue weighted by Gasteiger charge is -2.12. The SMILES string of the molecule is COc1ccc(OC)c(COc2ccc(O)c(C(N)=O)c2)c1. The fourth-order valence-electron chi connectivity index (χ4n) is 1.96. The molecule has 0 saturated carbocycles. The van der Waals surface area contributed by atoms with E-state index >= 15 is 0 Å². The first-order chi connectivity index (χ1) is 10.5. The van der Waals surface area contributed by atoms with Crippen molar-refractivity contribution in [3.05, 3.63) is 47.5 Å². The van der Waals surface area contributed by atoms with Crippen LogP contribution in [0.5, 0.6) is 23.0 Å². The lowest BCUT2D eigenvalue weighted by Crippen LogP contribution is -2.11. The maximum atomic E-state index is 11.2. The lowest BCUT2D eigenvalue weighted by atomic mass is 10.1. The molecule has 0 aliphatic carbocycles. The molecule has 0 radical (unpaired) electrons. The van der Waals surface area contributed by atoms with Gasteiger partial charge in [0.05, 0.1) is 19.8 Å². The molecule has 0 bridgehead atoms. The number of hydrogen-bond acceptors (Lipinski definition) is 5. The second-order valence-corrected chi connectivity index (χ2v) is 4.51. The molecule has 1 amide bonds. The molecule has 2 aromatic rings. The highest BCUT2D eigenvalue weighted by atomic mass is 16.5. The Labute approximate surface area is 128 Å². The van der Waals surface area contributed by atoms with Gasteiger partial charge in [-0.3, -0.25) is 4.79 Å². The Morgan fingerprint density at radius 2 is 1.82 bits per heavy atom. The van der Waals surface area contributed by atoms with Gasteiger partial charge in [-0.25, -0.2) is 0 Å². The number of amides is 1. The third-order valence-corrected chi connectivity index (χ3v) is 3.12. The van der Waals surface area contributed by atoms with Crippen molar-refractivity contribution in [1.82, 2.24) is 0 Å². The summed E-state index contributed by atoms with van der Waals surface area (Å²) in [5.41, 5.74) is 5.98. The van der Waals surface area contributed by atoms with Crippen molar-refractivity contribution in [3.8, 4) is 23.0 Å². The van der Waals surface area contributed by atoms with Crippen molar-refractivity contribution in [2.24, 2.45) is 5.73 Å². The topological polar surface area (TPSA) is 91.0 Å². The number of carbonyl (C=O) groups is 1. The van der Waals surface area contributed by atoms with Gasteiger partial charge < -0.3 is 25.1 Å². The van der Waals surface area contributed by atoms with Crippen LogP contribution in [0.3, 0.4) is 0 Å². The van der Waals surface area contributed by atoms with Crippen LogP contribution in [0.4, 0.5) is 0 Å². The fourth-order valence-corrected chi connectivity index (χ4v) is 1.96. The molecule has 0 unspecified atom stereocenters. The Bertz CT molecular complexity index is 684. The van der Waals surface area contributed by atoms with Crippen LogP contribution in [-0.4, -0.2) is 25.2 Å². The van der Waals surface area contributed by atoms with Crippen LogP contribution in [-0.2, 0) is 6.61 Å². The van der Waals surface area contributed by atoms with Gasteiger partial charge in [0.1, 0.15) is 29.6 Å². The summed E-state index contributed by atoms with van der Waals surface area (Å²) in [6.45, 7) is 0.212. The van der Waals surface area contributed by atoms with Crippen LogP contribution in [0.15, 0.2) is 36.4 Å². The summed E-state index contributed by atoms with van der Waals surface area (Å²) >= 11 is 0. The van der Waals surface area contributed by atoms with E-state index in [0.29, 0.717) is 17.2 Å². The number of phenols is 1. The van der Waals surface area contributed by atoms with E-state index in [2.05, 4.69) is 0 Å². The predicted octanol–water partition coefficient (Wildman–Crippen LogP) is 2.09. The van der Waals surface area contributed by atoms with Gasteiger partial charge in [0.2, 0.25) is 0 Å². The summed E-state index contributed by atoms with van der Waals surface area (Å²) in [7, 11) is 3.14. The second-order valence-electron chi connectivity index (χ2n) is 4.51. The fraction of sp³-hybridized carbons (Fsp3) is 0.188. The molecule has 6 nitrogen and oxygen atoms in total. The van der Waals surface area contributed by atoms with Gasteiger partial charge in [-0.1, -0.05) is 0 Å². The number of primary amides is 1. The molecule has 0 saturated heterocycles. The van der Waals surface area contributed by atoms with E-state index in [1.807, 2.05) is 0 Å². The summed E-state index contributed by atoms with van der Waals surface area (Å²) in [4.78, 5) is 11.2. The average molecular weight is 303 g/mol. The zero-order chi connectivity index (χ0) is 16.1. The van der Waals surface area contributed by atoms with Gasteiger partial charge in [-0.15, -0.1) is 0 Å². The normalized spacial score (nSPS) is 10.1. The molecule has 0 fully saturated rings. The molecule has 3 N–H and O–H groups in total. The van der Waals surface area contributed by atoms with E-state index in [0.717, 1.165) is 5.56 Å². The molecule has 0 heterocycles. The first-order valence-electron chi connectivity index (χ1n) is 6.51. The second kappa shape index (κ2) is 6.71. The molecular weight excluding hydrogens is 286 g/mol. The van der Waals surface area contributed by atoms with Crippen LogP contribution >= 0.6 is 0 Å². The van der Waals surface area contributed by atoms with E-state index in [9.17, 15) is 9.90 Å². The van der Waals surface area contributed by atoms with Crippen LogP contribution in [0, 0.1) is 0 Å². The molecule has 22 heavy (non-hydrogen) atoms. The minimum absolute atomic E-state index is 0.00936. The summed E-state index contributed by atoms with van der Waals surface area (Å²) < 4.78 is 16.1. The number of carbonyl (C=O) groups excluding carboxylic acids is 1. The monoisotopic (exact) mass is 303 g/mol. The molecule has 2 rings (SSSR count). The Morgan fingerprint density at radius 1 is 1.09 bits per heavy atom. The Balaban J connectivity index is 2.19. The summed E-state index contributed by atoms with van der Waals surface area (Å²) in [6.07, 6.45) is 0. The van der Waals surface area contributed by atoms with E-state index in [1.165, 1.54) is 12.1 Å². The Morgan fingerprint density at radius 3 is 2.45 bits per heavy atom. The standard InChI is InChI=1S/C16H17NO5/c1-20-11-4-6-15(21-2)10(7-11)9-22-12-3-5-14(18)13(8-12)16(17)19/h3-8,18H,9H2,1-2H3,(H2,17,19). The van der Waals surface area contributed by atoms with Crippen molar-refractivity contribution >= 4 is 5.91 Å². The van der Waals surface area contributed by atoms with Crippen LogP contribution in [0.2, 0.25) is 0 Å². The molecule has 6 heteroatoms. The van der Waals surface area contributed by atoms with Crippen LogP contribution in [0.1, 0.15) is 15.9 Å². The lowest BCUT2D eigenvalue weighted by molar-refractivity contribution is 0.0997. The Hall–Kier alpha value is -2.89. The third-order valence-electron chi connectivity index (χ3n) is 3.12. The maximum Gasteiger partial charge on any atom is 0.252 e. The highest BCUT2D eigenvalue weighted by Gasteiger charge is 2.10. The van der Waals surface area contributed by atoms with Gasteiger partial charge in [-0.05, 0) is 36.4 Å². The van der Waals surface area contributed by atoms with Crippen LogP contribution in [0.25, 0.3) is 0 Å². The van der Waals surface area contributed by atoms with Crippen LogP contribution < -0.4 is 19.9 Å². The van der Waals surface area contributed by atoms with Crippen molar-refractivity contribution < 1.29 is 24.1 Å². The summed E-state index contributed by atoms with van der Waals surface area (Å²) in [6, 6.07) is 9.67. The highest BCUT2D eigenvalue weighted by Crippen LogP contribution is 2.27. The highest BCUT2D eigenvalue weighted by molar-refractivity contribution is 5.95. The maximum absolute atomic E-state index is 11.2. The van der Waals surface area contributed by atoms with Gasteiger partial charge in [0, 0.05) is 5.56 Å². The number of aromatic hydroxyl groups is 1. The first kappa shape index (κ1) is 15.5. The molecule has 0 aliphatic heterocycles. The molecule has 2 aromatic carbocycles. The Kier molecular flexibility index (Phi) is 4.73. The minimum atomic E-state index is -0.720.